The van der Waals surface area contributed by atoms with Crippen LogP contribution in [0.2, 0.25) is 0 Å². The van der Waals surface area contributed by atoms with Gasteiger partial charge in [0.15, 0.2) is 5.78 Å². The van der Waals surface area contributed by atoms with E-state index in [0.29, 0.717) is 28.4 Å². The molecule has 1 aromatic rings. The van der Waals surface area contributed by atoms with Crippen LogP contribution in [-0.4, -0.2) is 22.9 Å². The predicted molar refractivity (Wildman–Crippen MR) is 53.2 cm³/mol. The van der Waals surface area contributed by atoms with Crippen LogP contribution in [0.1, 0.15) is 16.8 Å². The van der Waals surface area contributed by atoms with Crippen LogP contribution >= 0.6 is 0 Å². The molecule has 0 amide bonds. The standard InChI is InChI=1S/C10H10O3S/c1-13-7-2-3-10-8(6-7)9(11)4-5-14(10)12/h2-3,6H,4-5H2,1H3. The van der Waals surface area contributed by atoms with Gasteiger partial charge in [-0.3, -0.25) is 9.00 Å². The number of hydrogen-bond donors (Lipinski definition) is 0. The van der Waals surface area contributed by atoms with Crippen molar-refractivity contribution in [2.75, 3.05) is 12.9 Å². The summed E-state index contributed by atoms with van der Waals surface area (Å²) in [5.74, 6) is 1.13. The zero-order valence-electron chi connectivity index (χ0n) is 7.78. The minimum atomic E-state index is -1.02. The fraction of sp³-hybridized carbons (Fsp3) is 0.300. The molecule has 0 spiro atoms. The normalized spacial score (nSPS) is 20.4. The van der Waals surface area contributed by atoms with Crippen LogP contribution in [0.15, 0.2) is 23.1 Å². The summed E-state index contributed by atoms with van der Waals surface area (Å²) in [7, 11) is 0.525. The second-order valence-electron chi connectivity index (χ2n) is 3.08. The molecule has 0 saturated carbocycles. The number of fused-ring (bicyclic) bond motifs is 1. The Morgan fingerprint density at radius 3 is 2.93 bits per heavy atom. The highest BCUT2D eigenvalue weighted by molar-refractivity contribution is 7.85. The summed E-state index contributed by atoms with van der Waals surface area (Å²) in [6.07, 6.45) is 0.368. The van der Waals surface area contributed by atoms with Gasteiger partial charge in [-0.1, -0.05) is 0 Å². The smallest absolute Gasteiger partial charge is 0.165 e. The lowest BCUT2D eigenvalue weighted by atomic mass is 10.1. The summed E-state index contributed by atoms with van der Waals surface area (Å²) in [4.78, 5) is 12.2. The van der Waals surface area contributed by atoms with Crippen molar-refractivity contribution in [3.05, 3.63) is 23.8 Å². The van der Waals surface area contributed by atoms with E-state index in [1.165, 1.54) is 0 Å². The molecule has 1 aliphatic heterocycles. The molecule has 0 aromatic heterocycles. The third-order valence-electron chi connectivity index (χ3n) is 2.25. The highest BCUT2D eigenvalue weighted by Crippen LogP contribution is 2.25. The Morgan fingerprint density at radius 1 is 1.43 bits per heavy atom. The zero-order chi connectivity index (χ0) is 10.1. The first-order chi connectivity index (χ1) is 6.72. The number of hydrogen-bond acceptors (Lipinski definition) is 3. The Morgan fingerprint density at radius 2 is 2.21 bits per heavy atom. The van der Waals surface area contributed by atoms with Crippen molar-refractivity contribution in [3.63, 3.8) is 0 Å². The molecule has 0 bridgehead atoms. The molecule has 74 valence electrons. The van der Waals surface area contributed by atoms with Crippen molar-refractivity contribution < 1.29 is 13.7 Å². The summed E-state index contributed by atoms with van der Waals surface area (Å²) >= 11 is 0. The molecule has 0 saturated heterocycles. The van der Waals surface area contributed by atoms with Crippen LogP contribution in [0.5, 0.6) is 5.75 Å². The van der Waals surface area contributed by atoms with Crippen LogP contribution < -0.4 is 4.74 Å². The Bertz CT molecular complexity index is 412. The maximum absolute atomic E-state index is 11.5. The first kappa shape index (κ1) is 9.40. The molecular weight excluding hydrogens is 200 g/mol. The van der Waals surface area contributed by atoms with E-state index in [9.17, 15) is 9.00 Å². The molecule has 1 heterocycles. The van der Waals surface area contributed by atoms with E-state index in [-0.39, 0.29) is 5.78 Å². The number of ketones is 1. The van der Waals surface area contributed by atoms with Crippen molar-refractivity contribution in [1.82, 2.24) is 0 Å². The lowest BCUT2D eigenvalue weighted by Crippen LogP contribution is -2.16. The summed E-state index contributed by atoms with van der Waals surface area (Å²) in [5, 5.41) is 0. The Hall–Kier alpha value is -1.16. The fourth-order valence-corrected chi connectivity index (χ4v) is 2.71. The van der Waals surface area contributed by atoms with Gasteiger partial charge in [-0.15, -0.1) is 0 Å². The summed E-state index contributed by atoms with van der Waals surface area (Å²) in [6, 6.07) is 5.10. The molecule has 4 heteroatoms. The molecule has 14 heavy (non-hydrogen) atoms. The van der Waals surface area contributed by atoms with Gasteiger partial charge in [0.25, 0.3) is 0 Å². The monoisotopic (exact) mass is 210 g/mol. The van der Waals surface area contributed by atoms with E-state index in [0.717, 1.165) is 0 Å². The van der Waals surface area contributed by atoms with Crippen LogP contribution in [-0.2, 0) is 10.8 Å². The van der Waals surface area contributed by atoms with E-state index in [1.54, 1.807) is 25.3 Å². The fourth-order valence-electron chi connectivity index (χ4n) is 1.48. The van der Waals surface area contributed by atoms with Gasteiger partial charge in [0.2, 0.25) is 0 Å². The van der Waals surface area contributed by atoms with Crippen molar-refractivity contribution in [3.8, 4) is 5.75 Å². The number of ether oxygens (including phenoxy) is 1. The quantitative estimate of drug-likeness (QED) is 0.703. The van der Waals surface area contributed by atoms with E-state index < -0.39 is 10.8 Å². The first-order valence-electron chi connectivity index (χ1n) is 4.32. The topological polar surface area (TPSA) is 43.4 Å². The molecule has 1 aromatic carbocycles. The van der Waals surface area contributed by atoms with Crippen LogP contribution in [0.4, 0.5) is 0 Å². The number of benzene rings is 1. The van der Waals surface area contributed by atoms with E-state index in [1.807, 2.05) is 0 Å². The number of methoxy groups -OCH3 is 1. The van der Waals surface area contributed by atoms with Crippen molar-refractivity contribution in [1.29, 1.82) is 0 Å². The Labute approximate surface area is 84.5 Å². The molecule has 0 radical (unpaired) electrons. The van der Waals surface area contributed by atoms with Crippen molar-refractivity contribution >= 4 is 16.6 Å². The van der Waals surface area contributed by atoms with E-state index in [4.69, 9.17) is 4.74 Å². The largest absolute Gasteiger partial charge is 0.497 e. The lowest BCUT2D eigenvalue weighted by Gasteiger charge is -2.14. The van der Waals surface area contributed by atoms with Gasteiger partial charge in [0.1, 0.15) is 5.75 Å². The van der Waals surface area contributed by atoms with E-state index in [2.05, 4.69) is 0 Å². The van der Waals surface area contributed by atoms with Crippen LogP contribution in [0.25, 0.3) is 0 Å². The number of carbonyl (C=O) groups is 1. The van der Waals surface area contributed by atoms with Gasteiger partial charge >= 0.3 is 0 Å². The minimum absolute atomic E-state index is 0.0542. The first-order valence-corrected chi connectivity index (χ1v) is 5.64. The summed E-state index contributed by atoms with van der Waals surface area (Å²) in [6.45, 7) is 0. The molecule has 3 nitrogen and oxygen atoms in total. The third kappa shape index (κ3) is 1.46. The zero-order valence-corrected chi connectivity index (χ0v) is 8.60. The Kier molecular flexibility index (Phi) is 2.37. The second kappa shape index (κ2) is 3.53. The predicted octanol–water partition coefficient (Wildman–Crippen LogP) is 1.39. The van der Waals surface area contributed by atoms with Gasteiger partial charge in [0.05, 0.1) is 17.9 Å². The van der Waals surface area contributed by atoms with Crippen LogP contribution in [0.3, 0.4) is 0 Å². The molecule has 0 fully saturated rings. The highest BCUT2D eigenvalue weighted by Gasteiger charge is 2.22. The second-order valence-corrected chi connectivity index (χ2v) is 4.62. The molecule has 1 aliphatic rings. The minimum Gasteiger partial charge on any atom is -0.497 e. The summed E-state index contributed by atoms with van der Waals surface area (Å²) in [5.41, 5.74) is 0.550. The molecule has 2 rings (SSSR count). The third-order valence-corrected chi connectivity index (χ3v) is 3.67. The number of carbonyl (C=O) groups excluding carboxylic acids is 1. The molecule has 0 aliphatic carbocycles. The maximum atomic E-state index is 11.5. The average Bonchev–Trinajstić information content (AvgIpc) is 2.23. The SMILES string of the molecule is COc1ccc2c(c1)C(=O)CCS2=O. The highest BCUT2D eigenvalue weighted by atomic mass is 32.2. The molecule has 1 atom stereocenters. The average molecular weight is 210 g/mol. The number of Topliss-reactive ketones (excluding diaryl/α,β-unsaturated/α-hetero) is 1. The van der Waals surface area contributed by atoms with Gasteiger partial charge in [-0.2, -0.15) is 0 Å². The molecule has 0 N–H and O–H groups in total. The van der Waals surface area contributed by atoms with Crippen molar-refractivity contribution in [2.45, 2.75) is 11.3 Å². The van der Waals surface area contributed by atoms with Gasteiger partial charge in [0, 0.05) is 22.6 Å². The van der Waals surface area contributed by atoms with Gasteiger partial charge < -0.3 is 4.74 Å². The Balaban J connectivity index is 2.56. The van der Waals surface area contributed by atoms with Crippen LogP contribution in [0, 0.1) is 0 Å². The molecular formula is C10H10O3S. The summed E-state index contributed by atoms with van der Waals surface area (Å²) < 4.78 is 16.6. The maximum Gasteiger partial charge on any atom is 0.165 e. The van der Waals surface area contributed by atoms with Gasteiger partial charge in [-0.25, -0.2) is 0 Å². The number of rotatable bonds is 1. The lowest BCUT2D eigenvalue weighted by molar-refractivity contribution is 0.0983. The van der Waals surface area contributed by atoms with Gasteiger partial charge in [-0.05, 0) is 18.2 Å². The molecule has 1 unspecified atom stereocenters. The van der Waals surface area contributed by atoms with Crippen molar-refractivity contribution in [2.24, 2.45) is 0 Å². The van der Waals surface area contributed by atoms with E-state index >= 15 is 0 Å².